The highest BCUT2D eigenvalue weighted by Gasteiger charge is 2.30. The lowest BCUT2D eigenvalue weighted by Gasteiger charge is -2.19. The Bertz CT molecular complexity index is 421. The van der Waals surface area contributed by atoms with E-state index in [2.05, 4.69) is 15.3 Å². The van der Waals surface area contributed by atoms with E-state index in [9.17, 15) is 4.79 Å². The minimum absolute atomic E-state index is 0.0239. The Morgan fingerprint density at radius 1 is 1.67 bits per heavy atom. The summed E-state index contributed by atoms with van der Waals surface area (Å²) in [4.78, 5) is 17.3. The Balaban J connectivity index is 1.78. The molecule has 0 radical (unpaired) electrons. The lowest BCUT2D eigenvalue weighted by Crippen LogP contribution is -2.30. The maximum Gasteiger partial charge on any atom is 0.332 e. The molecule has 2 atom stereocenters. The fraction of sp³-hybridized carbons (Fsp3) is 0.667. The molecule has 100 valence electrons. The number of carbonyl (C=O) groups is 1. The summed E-state index contributed by atoms with van der Waals surface area (Å²) in [6.45, 7) is 3.52. The standard InChI is InChI=1S/C12H18N2O3S/c1-8-13-9(7-18-8)5-14(2)6-10-3-4-11(17-10)12(15)16/h7,10-11H,3-6H2,1-2H3,(H,15,16). The zero-order valence-corrected chi connectivity index (χ0v) is 11.4. The predicted molar refractivity (Wildman–Crippen MR) is 68.7 cm³/mol. The van der Waals surface area contributed by atoms with Gasteiger partial charge in [-0.1, -0.05) is 0 Å². The number of hydrogen-bond acceptors (Lipinski definition) is 5. The highest BCUT2D eigenvalue weighted by molar-refractivity contribution is 7.09. The van der Waals surface area contributed by atoms with Crippen molar-refractivity contribution in [2.45, 2.75) is 38.5 Å². The molecule has 5 nitrogen and oxygen atoms in total. The second-order valence-corrected chi connectivity index (χ2v) is 5.78. The topological polar surface area (TPSA) is 62.7 Å². The second kappa shape index (κ2) is 5.77. The van der Waals surface area contributed by atoms with Gasteiger partial charge in [0.05, 0.1) is 16.8 Å². The molecular formula is C12H18N2O3S. The van der Waals surface area contributed by atoms with Crippen molar-refractivity contribution in [1.82, 2.24) is 9.88 Å². The molecule has 1 aliphatic rings. The smallest absolute Gasteiger partial charge is 0.332 e. The molecule has 0 bridgehead atoms. The van der Waals surface area contributed by atoms with E-state index in [4.69, 9.17) is 9.84 Å². The highest BCUT2D eigenvalue weighted by Crippen LogP contribution is 2.21. The summed E-state index contributed by atoms with van der Waals surface area (Å²) in [5, 5.41) is 12.0. The first kappa shape index (κ1) is 13.5. The number of nitrogens with zero attached hydrogens (tertiary/aromatic N) is 2. The summed E-state index contributed by atoms with van der Waals surface area (Å²) in [5.41, 5.74) is 1.06. The highest BCUT2D eigenvalue weighted by atomic mass is 32.1. The summed E-state index contributed by atoms with van der Waals surface area (Å²) in [6.07, 6.45) is 0.835. The molecule has 2 heterocycles. The summed E-state index contributed by atoms with van der Waals surface area (Å²) < 4.78 is 5.48. The van der Waals surface area contributed by atoms with Gasteiger partial charge in [0.15, 0.2) is 6.10 Å². The third-order valence-electron chi connectivity index (χ3n) is 3.00. The van der Waals surface area contributed by atoms with Crippen molar-refractivity contribution >= 4 is 17.3 Å². The maximum absolute atomic E-state index is 10.8. The minimum Gasteiger partial charge on any atom is -0.479 e. The van der Waals surface area contributed by atoms with Crippen LogP contribution >= 0.6 is 11.3 Å². The Morgan fingerprint density at radius 3 is 3.00 bits per heavy atom. The zero-order chi connectivity index (χ0) is 13.1. The lowest BCUT2D eigenvalue weighted by atomic mass is 10.2. The first-order valence-corrected chi connectivity index (χ1v) is 6.90. The molecule has 0 saturated carbocycles. The number of aromatic nitrogens is 1. The van der Waals surface area contributed by atoms with Crippen molar-refractivity contribution in [3.05, 3.63) is 16.1 Å². The average molecular weight is 270 g/mol. The largest absolute Gasteiger partial charge is 0.479 e. The number of ether oxygens (including phenoxy) is 1. The number of rotatable bonds is 5. The van der Waals surface area contributed by atoms with Gasteiger partial charge >= 0.3 is 5.97 Å². The number of aryl methyl sites for hydroxylation is 1. The molecule has 0 amide bonds. The van der Waals surface area contributed by atoms with Gasteiger partial charge in [-0.05, 0) is 26.8 Å². The molecule has 18 heavy (non-hydrogen) atoms. The molecule has 0 aromatic carbocycles. The number of carboxylic acid groups (broad SMARTS) is 1. The van der Waals surface area contributed by atoms with Gasteiger partial charge < -0.3 is 9.84 Å². The van der Waals surface area contributed by atoms with E-state index >= 15 is 0 Å². The van der Waals surface area contributed by atoms with Crippen LogP contribution in [0.4, 0.5) is 0 Å². The SMILES string of the molecule is Cc1nc(CN(C)CC2CCC(C(=O)O)O2)cs1. The Hall–Kier alpha value is -0.980. The van der Waals surface area contributed by atoms with Gasteiger partial charge in [-0.15, -0.1) is 11.3 Å². The average Bonchev–Trinajstić information content (AvgIpc) is 2.88. The zero-order valence-electron chi connectivity index (χ0n) is 10.6. The van der Waals surface area contributed by atoms with Crippen molar-refractivity contribution in [2.24, 2.45) is 0 Å². The molecule has 1 aliphatic heterocycles. The molecule has 0 spiro atoms. The molecule has 1 saturated heterocycles. The van der Waals surface area contributed by atoms with Crippen LogP contribution in [0.15, 0.2) is 5.38 Å². The van der Waals surface area contributed by atoms with Crippen LogP contribution in [0.2, 0.25) is 0 Å². The van der Waals surface area contributed by atoms with E-state index in [1.807, 2.05) is 14.0 Å². The van der Waals surface area contributed by atoms with Crippen LogP contribution in [0.25, 0.3) is 0 Å². The fourth-order valence-electron chi connectivity index (χ4n) is 2.19. The van der Waals surface area contributed by atoms with Crippen molar-refractivity contribution in [3.63, 3.8) is 0 Å². The quantitative estimate of drug-likeness (QED) is 0.879. The third-order valence-corrected chi connectivity index (χ3v) is 3.82. The maximum atomic E-state index is 10.8. The van der Waals surface area contributed by atoms with Crippen molar-refractivity contribution < 1.29 is 14.6 Å². The van der Waals surface area contributed by atoms with Crippen LogP contribution in [0.3, 0.4) is 0 Å². The van der Waals surface area contributed by atoms with E-state index in [1.165, 1.54) is 0 Å². The van der Waals surface area contributed by atoms with Gasteiger partial charge in [-0.3, -0.25) is 4.90 Å². The molecule has 1 fully saturated rings. The van der Waals surface area contributed by atoms with Crippen LogP contribution in [0.1, 0.15) is 23.5 Å². The van der Waals surface area contributed by atoms with Crippen LogP contribution in [-0.4, -0.2) is 46.8 Å². The van der Waals surface area contributed by atoms with Gasteiger partial charge in [0.25, 0.3) is 0 Å². The molecule has 1 aromatic rings. The monoisotopic (exact) mass is 270 g/mol. The van der Waals surface area contributed by atoms with Crippen LogP contribution in [0.5, 0.6) is 0 Å². The Labute approximate surface area is 110 Å². The molecule has 2 rings (SSSR count). The lowest BCUT2D eigenvalue weighted by molar-refractivity contribution is -0.149. The number of likely N-dealkylation sites (N-methyl/N-ethyl adjacent to an activating group) is 1. The Morgan fingerprint density at radius 2 is 2.44 bits per heavy atom. The first-order chi connectivity index (χ1) is 8.54. The van der Waals surface area contributed by atoms with Crippen LogP contribution in [0, 0.1) is 6.92 Å². The van der Waals surface area contributed by atoms with Crippen LogP contribution in [-0.2, 0) is 16.1 Å². The summed E-state index contributed by atoms with van der Waals surface area (Å²) >= 11 is 1.65. The van der Waals surface area contributed by atoms with Crippen molar-refractivity contribution in [2.75, 3.05) is 13.6 Å². The van der Waals surface area contributed by atoms with E-state index in [1.54, 1.807) is 11.3 Å². The fourth-order valence-corrected chi connectivity index (χ4v) is 2.80. The summed E-state index contributed by atoms with van der Waals surface area (Å²) in [7, 11) is 2.01. The van der Waals surface area contributed by atoms with E-state index in [0.717, 1.165) is 30.2 Å². The van der Waals surface area contributed by atoms with Gasteiger partial charge in [-0.25, -0.2) is 9.78 Å². The summed E-state index contributed by atoms with van der Waals surface area (Å²) in [5.74, 6) is -0.852. The first-order valence-electron chi connectivity index (χ1n) is 6.02. The number of thiazole rings is 1. The van der Waals surface area contributed by atoms with Gasteiger partial charge in [0.1, 0.15) is 0 Å². The third kappa shape index (κ3) is 3.51. The van der Waals surface area contributed by atoms with E-state index < -0.39 is 12.1 Å². The normalized spacial score (nSPS) is 23.7. The van der Waals surface area contributed by atoms with Crippen LogP contribution < -0.4 is 0 Å². The molecule has 2 unspecified atom stereocenters. The van der Waals surface area contributed by atoms with E-state index in [-0.39, 0.29) is 6.10 Å². The second-order valence-electron chi connectivity index (χ2n) is 4.72. The molecule has 1 aromatic heterocycles. The van der Waals surface area contributed by atoms with Crippen molar-refractivity contribution in [1.29, 1.82) is 0 Å². The predicted octanol–water partition coefficient (Wildman–Crippen LogP) is 1.52. The Kier molecular flexibility index (Phi) is 4.31. The molecule has 6 heteroatoms. The number of aliphatic carboxylic acids is 1. The summed E-state index contributed by atoms with van der Waals surface area (Å²) in [6, 6.07) is 0. The molecule has 0 aliphatic carbocycles. The molecular weight excluding hydrogens is 252 g/mol. The van der Waals surface area contributed by atoms with Gasteiger partial charge in [-0.2, -0.15) is 0 Å². The van der Waals surface area contributed by atoms with Gasteiger partial charge in [0.2, 0.25) is 0 Å². The molecule has 1 N–H and O–H groups in total. The minimum atomic E-state index is -0.852. The number of hydrogen-bond donors (Lipinski definition) is 1. The number of carboxylic acids is 1. The van der Waals surface area contributed by atoms with E-state index in [0.29, 0.717) is 6.42 Å². The van der Waals surface area contributed by atoms with Gasteiger partial charge in [0, 0.05) is 18.5 Å². The van der Waals surface area contributed by atoms with Crippen molar-refractivity contribution in [3.8, 4) is 0 Å².